The molecule has 0 aliphatic carbocycles. The van der Waals surface area contributed by atoms with Crippen LogP contribution in [0.3, 0.4) is 0 Å². The van der Waals surface area contributed by atoms with Gasteiger partial charge in [0.15, 0.2) is 5.69 Å². The second kappa shape index (κ2) is 9.29. The number of hydrogen-bond donors (Lipinski definition) is 2. The van der Waals surface area contributed by atoms with Crippen molar-refractivity contribution < 1.29 is 19.0 Å². The molecule has 1 aromatic heterocycles. The summed E-state index contributed by atoms with van der Waals surface area (Å²) in [6.07, 6.45) is 1.02. The molecule has 0 saturated heterocycles. The van der Waals surface area contributed by atoms with Crippen molar-refractivity contribution in [3.8, 4) is 5.75 Å². The predicted molar refractivity (Wildman–Crippen MR) is 105 cm³/mol. The first-order valence-electron chi connectivity index (χ1n) is 9.29. The van der Waals surface area contributed by atoms with Crippen molar-refractivity contribution in [3.63, 3.8) is 0 Å². The van der Waals surface area contributed by atoms with E-state index in [4.69, 9.17) is 4.74 Å². The summed E-state index contributed by atoms with van der Waals surface area (Å²) in [5.74, 6) is -0.131. The van der Waals surface area contributed by atoms with Crippen molar-refractivity contribution in [2.75, 3.05) is 7.11 Å². The fourth-order valence-corrected chi connectivity index (χ4v) is 3.00. The molecule has 29 heavy (non-hydrogen) atoms. The van der Waals surface area contributed by atoms with Gasteiger partial charge in [0.05, 0.1) is 25.9 Å². The van der Waals surface area contributed by atoms with Gasteiger partial charge in [-0.25, -0.2) is 9.07 Å². The van der Waals surface area contributed by atoms with Crippen LogP contribution < -0.4 is 10.1 Å². The molecule has 0 radical (unpaired) electrons. The number of amides is 1. The molecule has 1 amide bonds. The lowest BCUT2D eigenvalue weighted by Crippen LogP contribution is -2.28. The summed E-state index contributed by atoms with van der Waals surface area (Å²) >= 11 is 0. The first-order chi connectivity index (χ1) is 14.0. The molecule has 0 fully saturated rings. The van der Waals surface area contributed by atoms with Gasteiger partial charge in [0.1, 0.15) is 17.7 Å². The summed E-state index contributed by atoms with van der Waals surface area (Å²) in [7, 11) is 1.60. The minimum atomic E-state index is -1.10. The maximum Gasteiger partial charge on any atom is 0.273 e. The Morgan fingerprint density at radius 1 is 1.24 bits per heavy atom. The summed E-state index contributed by atoms with van der Waals surface area (Å²) in [4.78, 5) is 12.6. The fourth-order valence-electron chi connectivity index (χ4n) is 3.00. The molecule has 0 bridgehead atoms. The Labute approximate surface area is 168 Å². The Kier molecular flexibility index (Phi) is 6.56. The number of carbonyl (C=O) groups is 1. The van der Waals surface area contributed by atoms with E-state index in [9.17, 15) is 14.3 Å². The van der Waals surface area contributed by atoms with Gasteiger partial charge in [-0.3, -0.25) is 4.79 Å². The second-order valence-corrected chi connectivity index (χ2v) is 6.57. The number of benzene rings is 2. The predicted octanol–water partition coefficient (Wildman–Crippen LogP) is 3.04. The van der Waals surface area contributed by atoms with E-state index in [1.54, 1.807) is 19.2 Å². The van der Waals surface area contributed by atoms with Crippen molar-refractivity contribution in [3.05, 3.63) is 77.4 Å². The van der Waals surface area contributed by atoms with Crippen LogP contribution in [0, 0.1) is 5.82 Å². The highest BCUT2D eigenvalue weighted by molar-refractivity contribution is 5.92. The third kappa shape index (κ3) is 4.97. The lowest BCUT2D eigenvalue weighted by Gasteiger charge is -2.17. The summed E-state index contributed by atoms with van der Waals surface area (Å²) in [5, 5.41) is 20.9. The van der Waals surface area contributed by atoms with E-state index < -0.39 is 11.9 Å². The van der Waals surface area contributed by atoms with Crippen LogP contribution in [0.2, 0.25) is 0 Å². The van der Waals surface area contributed by atoms with Crippen LogP contribution in [0.25, 0.3) is 0 Å². The quantitative estimate of drug-likeness (QED) is 0.609. The Morgan fingerprint density at radius 3 is 2.62 bits per heavy atom. The number of ether oxygens (including phenoxy) is 1. The van der Waals surface area contributed by atoms with Gasteiger partial charge < -0.3 is 15.2 Å². The number of halogens is 1. The van der Waals surface area contributed by atoms with Crippen molar-refractivity contribution in [2.45, 2.75) is 32.0 Å². The van der Waals surface area contributed by atoms with Crippen LogP contribution in [0.15, 0.2) is 54.7 Å². The van der Waals surface area contributed by atoms with Gasteiger partial charge in [0, 0.05) is 5.56 Å². The summed E-state index contributed by atoms with van der Waals surface area (Å²) in [6.45, 7) is 1.95. The van der Waals surface area contributed by atoms with E-state index in [-0.39, 0.29) is 29.8 Å². The number of nitrogens with one attached hydrogen (secondary N) is 1. The van der Waals surface area contributed by atoms with E-state index in [1.165, 1.54) is 23.0 Å². The maximum atomic E-state index is 13.8. The molecule has 0 aliphatic heterocycles. The molecule has 2 N–H and O–H groups in total. The highest BCUT2D eigenvalue weighted by Gasteiger charge is 2.19. The van der Waals surface area contributed by atoms with E-state index >= 15 is 0 Å². The van der Waals surface area contributed by atoms with Crippen LogP contribution in [-0.4, -0.2) is 33.1 Å². The average molecular weight is 398 g/mol. The molecule has 0 spiro atoms. The molecule has 0 unspecified atom stereocenters. The Balaban J connectivity index is 1.65. The van der Waals surface area contributed by atoms with E-state index in [0.29, 0.717) is 6.42 Å². The van der Waals surface area contributed by atoms with Crippen molar-refractivity contribution in [2.24, 2.45) is 0 Å². The van der Waals surface area contributed by atoms with Crippen molar-refractivity contribution in [1.29, 1.82) is 0 Å². The smallest absolute Gasteiger partial charge is 0.273 e. The third-order valence-corrected chi connectivity index (χ3v) is 4.63. The average Bonchev–Trinajstić information content (AvgIpc) is 3.21. The number of carbonyl (C=O) groups excluding carboxylic acids is 1. The summed E-state index contributed by atoms with van der Waals surface area (Å²) < 4.78 is 20.3. The maximum absolute atomic E-state index is 13.8. The molecule has 8 heteroatoms. The highest BCUT2D eigenvalue weighted by Crippen LogP contribution is 2.21. The standard InChI is InChI=1S/C21H23FN4O3/c1-3-18(14-8-10-15(29-2)11-9-14)23-21(28)19-12-26(25-24-19)13-20(27)16-6-4-5-7-17(16)22/h4-12,18,20,27H,3,13H2,1-2H3,(H,23,28)/t18-,20-/m1/s1. The molecule has 7 nitrogen and oxygen atoms in total. The van der Waals surface area contributed by atoms with Gasteiger partial charge in [-0.05, 0) is 30.2 Å². The molecule has 3 aromatic rings. The summed E-state index contributed by atoms with van der Waals surface area (Å²) in [6, 6.07) is 13.3. The van der Waals surface area contributed by atoms with Gasteiger partial charge in [0.2, 0.25) is 0 Å². The monoisotopic (exact) mass is 398 g/mol. The van der Waals surface area contributed by atoms with Crippen LogP contribution in [0.1, 0.15) is 47.1 Å². The Morgan fingerprint density at radius 2 is 1.97 bits per heavy atom. The lowest BCUT2D eigenvalue weighted by atomic mass is 10.0. The topological polar surface area (TPSA) is 89.3 Å². The van der Waals surface area contributed by atoms with Crippen LogP contribution >= 0.6 is 0 Å². The number of aliphatic hydroxyl groups excluding tert-OH is 1. The Hall–Kier alpha value is -3.26. The largest absolute Gasteiger partial charge is 0.497 e. The normalized spacial score (nSPS) is 13.0. The molecule has 0 saturated carbocycles. The highest BCUT2D eigenvalue weighted by atomic mass is 19.1. The SMILES string of the molecule is CC[C@@H](NC(=O)c1cn(C[C@@H](O)c2ccccc2F)nn1)c1ccc(OC)cc1. The number of methoxy groups -OCH3 is 1. The fraction of sp³-hybridized carbons (Fsp3) is 0.286. The van der Waals surface area contributed by atoms with E-state index in [0.717, 1.165) is 11.3 Å². The van der Waals surface area contributed by atoms with E-state index in [1.807, 2.05) is 31.2 Å². The zero-order valence-electron chi connectivity index (χ0n) is 16.2. The molecule has 1 heterocycles. The van der Waals surface area contributed by atoms with Crippen molar-refractivity contribution >= 4 is 5.91 Å². The zero-order valence-corrected chi connectivity index (χ0v) is 16.2. The number of aliphatic hydroxyl groups is 1. The minimum Gasteiger partial charge on any atom is -0.497 e. The van der Waals surface area contributed by atoms with E-state index in [2.05, 4.69) is 15.6 Å². The molecular weight excluding hydrogens is 375 g/mol. The van der Waals surface area contributed by atoms with Gasteiger partial charge in [-0.1, -0.05) is 42.5 Å². The molecule has 2 aromatic carbocycles. The molecule has 0 aliphatic rings. The van der Waals surface area contributed by atoms with Crippen LogP contribution in [-0.2, 0) is 6.54 Å². The van der Waals surface area contributed by atoms with Crippen LogP contribution in [0.5, 0.6) is 5.75 Å². The second-order valence-electron chi connectivity index (χ2n) is 6.57. The first-order valence-corrected chi connectivity index (χ1v) is 9.29. The number of nitrogens with zero attached hydrogens (tertiary/aromatic N) is 3. The first kappa shape index (κ1) is 20.5. The number of rotatable bonds is 8. The van der Waals surface area contributed by atoms with Gasteiger partial charge in [-0.2, -0.15) is 0 Å². The molecular formula is C21H23FN4O3. The lowest BCUT2D eigenvalue weighted by molar-refractivity contribution is 0.0930. The molecule has 3 rings (SSSR count). The van der Waals surface area contributed by atoms with Gasteiger partial charge in [0.25, 0.3) is 5.91 Å². The summed E-state index contributed by atoms with van der Waals surface area (Å²) in [5.41, 5.74) is 1.24. The number of aromatic nitrogens is 3. The minimum absolute atomic E-state index is 0.0170. The Bertz CT molecular complexity index is 959. The molecule has 2 atom stereocenters. The van der Waals surface area contributed by atoms with Gasteiger partial charge in [-0.15, -0.1) is 5.10 Å². The number of hydrogen-bond acceptors (Lipinski definition) is 5. The van der Waals surface area contributed by atoms with Crippen molar-refractivity contribution in [1.82, 2.24) is 20.3 Å². The van der Waals surface area contributed by atoms with Gasteiger partial charge >= 0.3 is 0 Å². The third-order valence-electron chi connectivity index (χ3n) is 4.63. The molecule has 152 valence electrons. The van der Waals surface area contributed by atoms with Crippen LogP contribution in [0.4, 0.5) is 4.39 Å². The zero-order chi connectivity index (χ0) is 20.8.